The zero-order valence-electron chi connectivity index (χ0n) is 86.1. The molecule has 0 radical (unpaired) electrons. The molecule has 12 bridgehead atoms. The predicted octanol–water partition coefficient (Wildman–Crippen LogP) is 4.72. The van der Waals surface area contributed by atoms with E-state index in [9.17, 15) is 63.0 Å². The number of aliphatic hydroxyl groups excluding tert-OH is 1. The second-order valence-electron chi connectivity index (χ2n) is 39.1. The number of fused-ring (bicyclic) bond motifs is 16. The number of nitrogens with one attached hydrogen (secondary N) is 11. The van der Waals surface area contributed by atoms with Crippen LogP contribution in [0.1, 0.15) is 228 Å². The lowest BCUT2D eigenvalue weighted by Gasteiger charge is -2.37. The summed E-state index contributed by atoms with van der Waals surface area (Å²) in [7, 11) is 1.48. The Kier molecular flexibility index (Phi) is 49.0. The maximum atomic E-state index is 16.4. The number of carboxylic acid groups (broad SMARTS) is 2. The number of aliphatic carboxylic acids is 2. The number of carbonyl (C=O) groups is 17. The highest BCUT2D eigenvalue weighted by molar-refractivity contribution is 6.01. The van der Waals surface area contributed by atoms with Crippen LogP contribution in [0.2, 0.25) is 0 Å². The van der Waals surface area contributed by atoms with Crippen LogP contribution in [-0.2, 0) is 151 Å². The molecule has 0 unspecified atom stereocenters. The lowest BCUT2D eigenvalue weighted by Crippen LogP contribution is -2.64. The van der Waals surface area contributed by atoms with Gasteiger partial charge in [-0.1, -0.05) is 138 Å². The fourth-order valence-electron chi connectivity index (χ4n) is 19.0. The molecule has 41 nitrogen and oxygen atoms in total. The Hall–Kier alpha value is -12.9. The van der Waals surface area contributed by atoms with Crippen molar-refractivity contribution >= 4 is 111 Å². The molecule has 11 atom stereocenters. The van der Waals surface area contributed by atoms with Gasteiger partial charge in [-0.3, -0.25) is 76.7 Å². The van der Waals surface area contributed by atoms with E-state index in [1.807, 2.05) is 28.8 Å². The summed E-state index contributed by atoms with van der Waals surface area (Å²) < 4.78 is 51.9. The van der Waals surface area contributed by atoms with E-state index < -0.39 is 181 Å². The number of rotatable bonds is 43. The van der Waals surface area contributed by atoms with Crippen molar-refractivity contribution in [3.05, 3.63) is 136 Å². The Balaban J connectivity index is 0.810. The third-order valence-electron chi connectivity index (χ3n) is 27.4. The van der Waals surface area contributed by atoms with Gasteiger partial charge in [-0.05, 0) is 149 Å². The van der Waals surface area contributed by atoms with Gasteiger partial charge in [0.15, 0.2) is 5.78 Å². The zero-order valence-corrected chi connectivity index (χ0v) is 86.1. The molecule has 6 aliphatic rings. The van der Waals surface area contributed by atoms with Gasteiger partial charge in [-0.15, -0.1) is 0 Å². The lowest BCUT2D eigenvalue weighted by atomic mass is 9.95. The number of aryl methyl sites for hydroxylation is 1. The Morgan fingerprint density at radius 1 is 0.564 bits per heavy atom. The molecule has 6 aliphatic heterocycles. The van der Waals surface area contributed by atoms with Crippen LogP contribution in [0.3, 0.4) is 0 Å². The summed E-state index contributed by atoms with van der Waals surface area (Å²) in [5, 5.41) is 60.4. The van der Waals surface area contributed by atoms with Gasteiger partial charge in [0.1, 0.15) is 85.3 Å². The maximum absolute atomic E-state index is 16.4. The van der Waals surface area contributed by atoms with Gasteiger partial charge in [0.2, 0.25) is 82.7 Å². The molecule has 5 aromatic rings. The summed E-state index contributed by atoms with van der Waals surface area (Å²) in [6.45, 7) is 2.90. The molecule has 0 saturated carbocycles. The number of ether oxygens (including phenoxy) is 6. The quantitative estimate of drug-likeness (QED) is 0.0235. The van der Waals surface area contributed by atoms with Crippen LogP contribution < -0.4 is 63.2 Å². The number of amides is 14. The zero-order chi connectivity index (χ0) is 107. The highest BCUT2D eigenvalue weighted by Gasteiger charge is 2.50. The topological polar surface area (TPSA) is 553 Å². The van der Waals surface area contributed by atoms with Crippen LogP contribution in [0.15, 0.2) is 97.2 Å². The first-order chi connectivity index (χ1) is 71.7. The van der Waals surface area contributed by atoms with Gasteiger partial charge < -0.3 is 121 Å². The number of Topliss-reactive ketones (excluding diaryl/α,β-unsaturated/α-hetero) is 1. The molecule has 0 aliphatic carbocycles. The van der Waals surface area contributed by atoms with Gasteiger partial charge in [-0.25, -0.2) is 9.18 Å². The van der Waals surface area contributed by atoms with Crippen molar-refractivity contribution in [1.29, 1.82) is 0 Å². The molecular formula is C107H150FN15O26. The SMILES string of the molecule is COc1ccc(C[C@@H]2NC(=O)[C@H]([C@@H](C)O)NC(=O)[C@@H]3[C@@H]4CCN3C(=O)[C@@H]3Cc5cn(c6ccc(F)cc56)CCCCCCN(Cc5ccc(cc5)CCNC(=O)[C@]5(C)CCCN5C2=O)C(=O)CCC(=O)N[C@@H](C)C(=O)N[C@H](CNC(=O)COCCOCCCC(=O)COCCOCCNC(=O)CC[C@H](NC(=O)CCCCCCCCCCCCCCC(=O)O)C(=O)O)C(=O)N[C@@H](Cc2cccc(c2)CNC(=O)CO4)C(=O)N3)cc1. The van der Waals surface area contributed by atoms with Crippen LogP contribution in [0.25, 0.3) is 10.9 Å². The molecule has 14 N–H and O–H groups in total. The van der Waals surface area contributed by atoms with E-state index in [1.165, 1.54) is 38.0 Å². The highest BCUT2D eigenvalue weighted by Crippen LogP contribution is 2.33. The van der Waals surface area contributed by atoms with Crippen LogP contribution in [0.5, 0.6) is 5.75 Å². The first-order valence-corrected chi connectivity index (χ1v) is 52.4. The number of carbonyl (C=O) groups excluding carboxylic acids is 15. The molecular weight excluding hydrogens is 1930 g/mol. The van der Waals surface area contributed by atoms with Crippen LogP contribution in [0, 0.1) is 5.82 Å². The standard InChI is InChI=1S/C107H150FN15O26/c1-70-98(134)118-86(64-112-92(129)68-148-57-54-145-52-22-26-79(125)67-147-56-55-146-53-47-109-89(126)40-38-82(105(141)142)114-90(127)27-17-13-11-9-7-5-6-8-10-12-14-18-28-95(132)133)100(136)115-83-60-75-24-21-25-76(58-75)63-111-93(130)69-149-88-44-51-122-97(88)102(138)119-96(71(2)124)101(137)117-84(59-73-33-36-80(144-4)37-34-73)104(140)123-50-23-45-107(123,3)106(143)110-46-43-72-29-31-74(32-30-72)65-121(94(131)42-41-91(128)113-70)49-20-16-15-19-48-120-66-77(61-85(103(122)139)116-99(83)135)81-62-78(108)35-39-87(81)120/h21,24-25,29-37,39,58,62,66,70-71,82-86,88,96-97,124H,5-20,22-23,26-28,38,40-57,59-61,63-65,67-69H2,1-4H3,(H,109,126)(H,110,143)(H,111,130)(H,112,129)(H,113,128)(H,114,127)(H,115,136)(H,116,135)(H,117,137)(H,118,134)(H,119,138)(H,132,133)(H,141,142)/t70-,71+,82-,83-,84-,85-,86+,88-,96-,97-,107-/m0/s1. The second-order valence-corrected chi connectivity index (χ2v) is 39.1. The molecule has 149 heavy (non-hydrogen) atoms. The smallest absolute Gasteiger partial charge is 0.326 e. The Morgan fingerprint density at radius 2 is 1.23 bits per heavy atom. The molecule has 2 fully saturated rings. The van der Waals surface area contributed by atoms with Crippen molar-refractivity contribution in [3.63, 3.8) is 0 Å². The molecule has 2 saturated heterocycles. The number of halogens is 1. The van der Waals surface area contributed by atoms with Gasteiger partial charge in [-0.2, -0.15) is 0 Å². The van der Waals surface area contributed by atoms with Crippen molar-refractivity contribution in [2.45, 2.75) is 306 Å². The van der Waals surface area contributed by atoms with Crippen molar-refractivity contribution in [3.8, 4) is 5.75 Å². The Morgan fingerprint density at radius 3 is 1.93 bits per heavy atom. The molecule has 1 aromatic heterocycles. The number of nitrogens with zero attached hydrogens (tertiary/aromatic N) is 4. The minimum Gasteiger partial charge on any atom is -0.497 e. The third-order valence-corrected chi connectivity index (χ3v) is 27.4. The number of ketones is 1. The van der Waals surface area contributed by atoms with Crippen molar-refractivity contribution in [2.75, 3.05) is 106 Å². The Bertz CT molecular complexity index is 5320. The number of hydrogen-bond acceptors (Lipinski definition) is 24. The first-order valence-electron chi connectivity index (χ1n) is 52.4. The highest BCUT2D eigenvalue weighted by atomic mass is 19.1. The van der Waals surface area contributed by atoms with Crippen molar-refractivity contribution in [2.24, 2.45) is 0 Å². The number of unbranched alkanes of at least 4 members (excludes halogenated alkanes) is 11. The van der Waals surface area contributed by atoms with E-state index in [0.717, 1.165) is 86.7 Å². The largest absolute Gasteiger partial charge is 0.497 e. The van der Waals surface area contributed by atoms with Crippen molar-refractivity contribution < 1.29 is 130 Å². The van der Waals surface area contributed by atoms with E-state index in [1.54, 1.807) is 72.6 Å². The van der Waals surface area contributed by atoms with Gasteiger partial charge >= 0.3 is 11.9 Å². The number of hydrogen-bond donors (Lipinski definition) is 14. The normalized spacial score (nSPS) is 21.6. The number of methoxy groups -OCH3 is 1. The predicted molar refractivity (Wildman–Crippen MR) is 543 cm³/mol. The second kappa shape index (κ2) is 61.9. The van der Waals surface area contributed by atoms with Gasteiger partial charge in [0, 0.05) is 140 Å². The van der Waals surface area contributed by atoms with E-state index in [0.29, 0.717) is 96.8 Å². The van der Waals surface area contributed by atoms with Gasteiger partial charge in [0.05, 0.1) is 52.4 Å². The average molecular weight is 2080 g/mol. The minimum atomic E-state index is -1.90. The van der Waals surface area contributed by atoms with E-state index >= 15 is 33.2 Å². The summed E-state index contributed by atoms with van der Waals surface area (Å²) in [4.78, 5) is 244. The van der Waals surface area contributed by atoms with Crippen LogP contribution in [-0.4, -0.2) is 307 Å². The Labute approximate surface area is 868 Å². The van der Waals surface area contributed by atoms with Gasteiger partial charge in [0.25, 0.3) is 0 Å². The van der Waals surface area contributed by atoms with E-state index in [-0.39, 0.29) is 180 Å². The molecule has 0 spiro atoms. The monoisotopic (exact) mass is 2080 g/mol. The van der Waals surface area contributed by atoms with Crippen LogP contribution in [0.4, 0.5) is 4.39 Å². The average Bonchev–Trinajstić information content (AvgIpc) is 1.63. The number of aromatic nitrogens is 1. The summed E-state index contributed by atoms with van der Waals surface area (Å²) in [6, 6.07) is 11.8. The molecule has 7 heterocycles. The molecule has 816 valence electrons. The molecule has 42 heteroatoms. The summed E-state index contributed by atoms with van der Waals surface area (Å²) in [6.07, 6.45) is 12.5. The number of benzene rings is 4. The molecule has 14 amide bonds. The maximum Gasteiger partial charge on any atom is 0.326 e. The number of aliphatic hydroxyl groups is 1. The van der Waals surface area contributed by atoms with Crippen molar-refractivity contribution in [1.82, 2.24) is 77.8 Å². The van der Waals surface area contributed by atoms with E-state index in [4.69, 9.17) is 33.5 Å². The van der Waals surface area contributed by atoms with E-state index in [2.05, 4.69) is 58.5 Å². The fourth-order valence-corrected chi connectivity index (χ4v) is 19.0. The lowest BCUT2D eigenvalue weighted by molar-refractivity contribution is -0.148. The summed E-state index contributed by atoms with van der Waals surface area (Å²) >= 11 is 0. The molecule has 4 aromatic carbocycles. The first kappa shape index (κ1) is 118. The van der Waals surface area contributed by atoms with Crippen LogP contribution >= 0.6 is 0 Å². The molecule has 11 rings (SSSR count). The minimum absolute atomic E-state index is 0.0284. The fraction of sp³-hybridized carbons (Fsp3) is 0.598. The summed E-state index contributed by atoms with van der Waals surface area (Å²) in [5.41, 5.74) is 2.42. The summed E-state index contributed by atoms with van der Waals surface area (Å²) in [5.74, 6) is -13.1. The number of carboxylic acids is 2. The third kappa shape index (κ3) is 39.2.